The molecule has 0 aromatic heterocycles. The van der Waals surface area contributed by atoms with Crippen LogP contribution in [0.4, 0.5) is 0 Å². The van der Waals surface area contributed by atoms with Gasteiger partial charge in [0.2, 0.25) is 10.0 Å². The smallest absolute Gasteiger partial charge is 0.346 e. The average Bonchev–Trinajstić information content (AvgIpc) is 2.73. The van der Waals surface area contributed by atoms with Gasteiger partial charge in [0.25, 0.3) is 0 Å². The number of thiocarbonyl (C=S) groups is 1. The minimum Gasteiger partial charge on any atom is -0.361 e. The van der Waals surface area contributed by atoms with E-state index in [-0.39, 0.29) is 4.90 Å². The molecule has 1 fully saturated rings. The molecule has 0 amide bonds. The van der Waals surface area contributed by atoms with Crippen LogP contribution in [0.2, 0.25) is 0 Å². The summed E-state index contributed by atoms with van der Waals surface area (Å²) >= 11 is 17.0. The molecular formula is C17H28Cl2N5O4PS2. The van der Waals surface area contributed by atoms with E-state index in [2.05, 4.69) is 10.6 Å². The molecule has 1 aromatic rings. The van der Waals surface area contributed by atoms with E-state index in [1.54, 1.807) is 16.8 Å². The Kier molecular flexibility index (Phi) is 10.9. The lowest BCUT2D eigenvalue weighted by Crippen LogP contribution is -2.43. The molecule has 1 saturated heterocycles. The second-order valence-corrected chi connectivity index (χ2v) is 11.9. The van der Waals surface area contributed by atoms with E-state index in [0.717, 1.165) is 12.0 Å². The number of sulfonamides is 1. The van der Waals surface area contributed by atoms with Crippen LogP contribution >= 0.6 is 43.1 Å². The Morgan fingerprint density at radius 2 is 1.87 bits per heavy atom. The van der Waals surface area contributed by atoms with Crippen molar-refractivity contribution in [2.75, 3.05) is 51.1 Å². The number of nitrogens with zero attached hydrogens (tertiary/aromatic N) is 2. The zero-order chi connectivity index (χ0) is 22.9. The SMILES string of the molecule is NS(=O)(=O)c1ccc(CNC(=S)NCCN2CCCOP2(=O)N(CCCl)CCCl)cc1. The Morgan fingerprint density at radius 1 is 1.23 bits per heavy atom. The van der Waals surface area contributed by atoms with Gasteiger partial charge in [-0.3, -0.25) is 4.57 Å². The Bertz CT molecular complexity index is 870. The molecule has 9 nitrogen and oxygen atoms in total. The molecule has 176 valence electrons. The summed E-state index contributed by atoms with van der Waals surface area (Å²) in [7, 11) is -6.89. The van der Waals surface area contributed by atoms with Gasteiger partial charge in [0, 0.05) is 51.0 Å². The number of nitrogens with two attached hydrogens (primary N) is 1. The van der Waals surface area contributed by atoms with Crippen LogP contribution in [0.1, 0.15) is 12.0 Å². The quantitative estimate of drug-likeness (QED) is 0.223. The van der Waals surface area contributed by atoms with Crippen LogP contribution in [-0.4, -0.2) is 74.0 Å². The third-order valence-electron chi connectivity index (χ3n) is 4.58. The number of halogens is 2. The van der Waals surface area contributed by atoms with Crippen molar-refractivity contribution < 1.29 is 17.5 Å². The molecule has 0 bridgehead atoms. The minimum absolute atomic E-state index is 0.0579. The maximum absolute atomic E-state index is 13.5. The maximum atomic E-state index is 13.5. The summed E-state index contributed by atoms with van der Waals surface area (Å²) in [5, 5.41) is 11.7. The van der Waals surface area contributed by atoms with Crippen molar-refractivity contribution in [3.05, 3.63) is 29.8 Å². The first kappa shape index (κ1) is 26.8. The third-order valence-corrected chi connectivity index (χ3v) is 8.89. The summed E-state index contributed by atoms with van der Waals surface area (Å²) in [6.07, 6.45) is 0.788. The maximum Gasteiger partial charge on any atom is 0.346 e. The summed E-state index contributed by atoms with van der Waals surface area (Å²) in [5.41, 5.74) is 0.850. The average molecular weight is 532 g/mol. The normalized spacial score (nSPS) is 20.0. The number of hydrogen-bond donors (Lipinski definition) is 3. The lowest BCUT2D eigenvalue weighted by Gasteiger charge is -2.40. The molecule has 1 aliphatic heterocycles. The van der Waals surface area contributed by atoms with Crippen molar-refractivity contribution >= 4 is 58.2 Å². The first-order valence-electron chi connectivity index (χ1n) is 9.71. The first-order valence-corrected chi connectivity index (χ1v) is 14.3. The number of hydrogen-bond acceptors (Lipinski definition) is 5. The second kappa shape index (κ2) is 12.7. The van der Waals surface area contributed by atoms with Crippen LogP contribution in [0.15, 0.2) is 29.2 Å². The number of nitrogens with one attached hydrogen (secondary N) is 2. The highest BCUT2D eigenvalue weighted by Gasteiger charge is 2.40. The van der Waals surface area contributed by atoms with Gasteiger partial charge < -0.3 is 15.2 Å². The standard InChI is InChI=1S/C17H28Cl2N5O4PS2/c18-6-10-24(11-7-19)29(25)23(9-1-13-28-29)12-8-21-17(30)22-14-15-2-4-16(5-3-15)31(20,26)27/h2-5H,1,6-14H2,(H2,20,26,27)(H2,21,22,30). The fraction of sp³-hybridized carbons (Fsp3) is 0.588. The van der Waals surface area contributed by atoms with Crippen molar-refractivity contribution in [1.82, 2.24) is 20.0 Å². The second-order valence-electron chi connectivity index (χ2n) is 6.76. The molecule has 0 spiro atoms. The molecule has 1 heterocycles. The van der Waals surface area contributed by atoms with Crippen LogP contribution < -0.4 is 15.8 Å². The zero-order valence-electron chi connectivity index (χ0n) is 17.0. The summed E-state index contributed by atoms with van der Waals surface area (Å²) in [6, 6.07) is 6.23. The number of alkyl halides is 2. The Morgan fingerprint density at radius 3 is 2.45 bits per heavy atom. The van der Waals surface area contributed by atoms with Gasteiger partial charge in [-0.1, -0.05) is 12.1 Å². The molecule has 1 aromatic carbocycles. The lowest BCUT2D eigenvalue weighted by molar-refractivity contribution is 0.169. The van der Waals surface area contributed by atoms with Crippen molar-refractivity contribution in [3.63, 3.8) is 0 Å². The largest absolute Gasteiger partial charge is 0.361 e. The highest BCUT2D eigenvalue weighted by atomic mass is 35.5. The van der Waals surface area contributed by atoms with Crippen LogP contribution in [0.25, 0.3) is 0 Å². The van der Waals surface area contributed by atoms with E-state index in [1.165, 1.54) is 12.1 Å². The fourth-order valence-corrected chi connectivity index (χ4v) is 6.87. The van der Waals surface area contributed by atoms with Crippen molar-refractivity contribution in [2.45, 2.75) is 17.9 Å². The Balaban J connectivity index is 1.83. The predicted octanol–water partition coefficient (Wildman–Crippen LogP) is 1.91. The fourth-order valence-electron chi connectivity index (χ4n) is 3.04. The molecule has 2 rings (SSSR count). The van der Waals surface area contributed by atoms with Gasteiger partial charge in [-0.05, 0) is 36.3 Å². The van der Waals surface area contributed by atoms with Gasteiger partial charge in [0.15, 0.2) is 5.11 Å². The molecule has 0 saturated carbocycles. The molecular weight excluding hydrogens is 504 g/mol. The lowest BCUT2D eigenvalue weighted by atomic mass is 10.2. The summed E-state index contributed by atoms with van der Waals surface area (Å²) in [4.78, 5) is 0.0579. The third kappa shape index (κ3) is 8.10. The first-order chi connectivity index (χ1) is 14.7. The molecule has 1 unspecified atom stereocenters. The van der Waals surface area contributed by atoms with Gasteiger partial charge in [0.05, 0.1) is 11.5 Å². The van der Waals surface area contributed by atoms with Crippen molar-refractivity contribution in [3.8, 4) is 0 Å². The van der Waals surface area contributed by atoms with Gasteiger partial charge in [0.1, 0.15) is 0 Å². The van der Waals surface area contributed by atoms with Crippen molar-refractivity contribution in [2.24, 2.45) is 5.14 Å². The van der Waals surface area contributed by atoms with Crippen LogP contribution in [-0.2, 0) is 25.7 Å². The van der Waals surface area contributed by atoms with Gasteiger partial charge >= 0.3 is 7.67 Å². The van der Waals surface area contributed by atoms with Gasteiger partial charge in [-0.2, -0.15) is 0 Å². The molecule has 1 aliphatic rings. The molecule has 31 heavy (non-hydrogen) atoms. The van der Waals surface area contributed by atoms with Crippen LogP contribution in [0.3, 0.4) is 0 Å². The summed E-state index contributed by atoms with van der Waals surface area (Å²) in [5.74, 6) is 0.672. The summed E-state index contributed by atoms with van der Waals surface area (Å²) < 4.78 is 45.4. The van der Waals surface area contributed by atoms with E-state index in [0.29, 0.717) is 62.7 Å². The number of benzene rings is 1. The van der Waals surface area contributed by atoms with Gasteiger partial charge in [-0.15, -0.1) is 23.2 Å². The number of rotatable bonds is 11. The highest BCUT2D eigenvalue weighted by Crippen LogP contribution is 2.55. The van der Waals surface area contributed by atoms with Gasteiger partial charge in [-0.25, -0.2) is 22.9 Å². The highest BCUT2D eigenvalue weighted by molar-refractivity contribution is 7.89. The van der Waals surface area contributed by atoms with E-state index in [4.69, 9.17) is 45.1 Å². The van der Waals surface area contributed by atoms with Crippen LogP contribution in [0, 0.1) is 0 Å². The molecule has 14 heteroatoms. The summed E-state index contributed by atoms with van der Waals surface area (Å²) in [6.45, 7) is 3.31. The molecule has 4 N–H and O–H groups in total. The monoisotopic (exact) mass is 531 g/mol. The molecule has 0 radical (unpaired) electrons. The van der Waals surface area contributed by atoms with Crippen LogP contribution in [0.5, 0.6) is 0 Å². The van der Waals surface area contributed by atoms with Crippen molar-refractivity contribution in [1.29, 1.82) is 0 Å². The van der Waals surface area contributed by atoms with E-state index in [9.17, 15) is 13.0 Å². The Hall–Kier alpha value is -0.490. The van der Waals surface area contributed by atoms with E-state index < -0.39 is 17.7 Å². The Labute approximate surface area is 199 Å². The molecule has 1 atom stereocenters. The van der Waals surface area contributed by atoms with E-state index >= 15 is 0 Å². The predicted molar refractivity (Wildman–Crippen MR) is 128 cm³/mol. The zero-order valence-corrected chi connectivity index (χ0v) is 21.0. The molecule has 0 aliphatic carbocycles. The topological polar surface area (TPSA) is 117 Å². The number of primary sulfonamides is 1. The minimum atomic E-state index is -3.71. The van der Waals surface area contributed by atoms with E-state index in [1.807, 2.05) is 4.67 Å².